The molecule has 4 rings (SSSR count). The van der Waals surface area contributed by atoms with Gasteiger partial charge in [0.25, 0.3) is 0 Å². The van der Waals surface area contributed by atoms with Crippen LogP contribution in [0.5, 0.6) is 11.5 Å². The van der Waals surface area contributed by atoms with E-state index in [2.05, 4.69) is 32.7 Å². The van der Waals surface area contributed by atoms with Gasteiger partial charge in [-0.2, -0.15) is 5.10 Å². The molecule has 30 heavy (non-hydrogen) atoms. The smallest absolute Gasteiger partial charge is 0.310 e. The van der Waals surface area contributed by atoms with Crippen LogP contribution in [-0.2, 0) is 22.6 Å². The molecule has 1 heterocycles. The lowest BCUT2D eigenvalue weighted by atomic mass is 9.93. The Morgan fingerprint density at radius 3 is 2.77 bits per heavy atom. The van der Waals surface area contributed by atoms with Crippen LogP contribution in [0.3, 0.4) is 0 Å². The van der Waals surface area contributed by atoms with Crippen molar-refractivity contribution in [3.8, 4) is 11.5 Å². The zero-order valence-electron chi connectivity index (χ0n) is 17.2. The van der Waals surface area contributed by atoms with E-state index in [1.54, 1.807) is 14.0 Å². The molecule has 158 valence electrons. The largest absolute Gasteiger partial charge is 0.497 e. The van der Waals surface area contributed by atoms with Gasteiger partial charge >= 0.3 is 5.97 Å². The summed E-state index contributed by atoms with van der Waals surface area (Å²) in [6, 6.07) is 12.2. The lowest BCUT2D eigenvalue weighted by Crippen LogP contribution is -2.18. The van der Waals surface area contributed by atoms with Crippen LogP contribution >= 0.6 is 15.9 Å². The first-order valence-corrected chi connectivity index (χ1v) is 11.0. The van der Waals surface area contributed by atoms with Crippen LogP contribution in [-0.4, -0.2) is 29.5 Å². The second kappa shape index (κ2) is 9.08. The molecule has 1 aliphatic rings. The number of carbonyl (C=O) groups is 1. The molecule has 6 nitrogen and oxygen atoms in total. The minimum absolute atomic E-state index is 0.128. The standard InChI is InChI=1S/C23H25BrN2O4/c1-3-29-23(27)12-15-11-18(28-2)8-10-22(15)30-14-20-19-13-16(24)7-9-21(19)26(25-20)17-5-4-6-17/h7-11,13,17H,3-6,12,14H2,1-2H3. The van der Waals surface area contributed by atoms with E-state index in [0.717, 1.165) is 39.5 Å². The topological polar surface area (TPSA) is 62.6 Å². The average molecular weight is 473 g/mol. The molecule has 2 aromatic carbocycles. The molecular weight excluding hydrogens is 448 g/mol. The normalized spacial score (nSPS) is 13.8. The lowest BCUT2D eigenvalue weighted by molar-refractivity contribution is -0.142. The maximum atomic E-state index is 12.0. The first kappa shape index (κ1) is 20.7. The number of aromatic nitrogens is 2. The van der Waals surface area contributed by atoms with Gasteiger partial charge < -0.3 is 14.2 Å². The van der Waals surface area contributed by atoms with Gasteiger partial charge in [0.05, 0.1) is 31.7 Å². The van der Waals surface area contributed by atoms with Gasteiger partial charge in [0.1, 0.15) is 23.8 Å². The summed E-state index contributed by atoms with van der Waals surface area (Å²) in [6.07, 6.45) is 3.70. The second-order valence-electron chi connectivity index (χ2n) is 7.38. The molecule has 3 aromatic rings. The van der Waals surface area contributed by atoms with Crippen molar-refractivity contribution in [3.63, 3.8) is 0 Å². The number of halogens is 1. The number of benzene rings is 2. The summed E-state index contributed by atoms with van der Waals surface area (Å²) in [5, 5.41) is 5.96. The first-order valence-electron chi connectivity index (χ1n) is 10.2. The third kappa shape index (κ3) is 4.31. The molecule has 0 N–H and O–H groups in total. The van der Waals surface area contributed by atoms with Crippen molar-refractivity contribution in [2.45, 2.75) is 45.3 Å². The fourth-order valence-corrected chi connectivity index (χ4v) is 4.03. The molecule has 0 radical (unpaired) electrons. The van der Waals surface area contributed by atoms with E-state index in [4.69, 9.17) is 19.3 Å². The number of methoxy groups -OCH3 is 1. The summed E-state index contributed by atoms with van der Waals surface area (Å²) in [5.74, 6) is 1.01. The van der Waals surface area contributed by atoms with Gasteiger partial charge in [-0.3, -0.25) is 9.48 Å². The van der Waals surface area contributed by atoms with Crippen molar-refractivity contribution in [1.29, 1.82) is 0 Å². The Hall–Kier alpha value is -2.54. The molecule has 0 atom stereocenters. The fourth-order valence-electron chi connectivity index (χ4n) is 3.67. The predicted octanol–water partition coefficient (Wildman–Crippen LogP) is 5.22. The molecule has 0 bridgehead atoms. The molecule has 0 unspecified atom stereocenters. The Bertz CT molecular complexity index is 1060. The number of fused-ring (bicyclic) bond motifs is 1. The highest BCUT2D eigenvalue weighted by Gasteiger charge is 2.24. The van der Waals surface area contributed by atoms with Crippen LogP contribution in [0.1, 0.15) is 43.5 Å². The molecule has 7 heteroatoms. The zero-order chi connectivity index (χ0) is 21.1. The van der Waals surface area contributed by atoms with E-state index in [1.807, 2.05) is 24.3 Å². The van der Waals surface area contributed by atoms with E-state index in [9.17, 15) is 4.79 Å². The summed E-state index contributed by atoms with van der Waals surface area (Å²) in [7, 11) is 1.60. The summed E-state index contributed by atoms with van der Waals surface area (Å²) >= 11 is 3.57. The van der Waals surface area contributed by atoms with Gasteiger partial charge in [0, 0.05) is 15.4 Å². The Morgan fingerprint density at radius 1 is 1.23 bits per heavy atom. The highest BCUT2D eigenvalue weighted by Crippen LogP contribution is 2.36. The Kier molecular flexibility index (Phi) is 6.27. The lowest BCUT2D eigenvalue weighted by Gasteiger charge is -2.26. The van der Waals surface area contributed by atoms with Crippen molar-refractivity contribution in [2.24, 2.45) is 0 Å². The first-order chi connectivity index (χ1) is 14.6. The van der Waals surface area contributed by atoms with Gasteiger partial charge in [-0.1, -0.05) is 15.9 Å². The summed E-state index contributed by atoms with van der Waals surface area (Å²) in [4.78, 5) is 12.0. The van der Waals surface area contributed by atoms with E-state index in [-0.39, 0.29) is 12.4 Å². The number of hydrogen-bond donors (Lipinski definition) is 0. The molecule has 0 spiro atoms. The quantitative estimate of drug-likeness (QED) is 0.420. The third-order valence-corrected chi connectivity index (χ3v) is 5.93. The minimum atomic E-state index is -0.292. The number of ether oxygens (including phenoxy) is 3. The monoisotopic (exact) mass is 472 g/mol. The predicted molar refractivity (Wildman–Crippen MR) is 118 cm³/mol. The van der Waals surface area contributed by atoms with Crippen LogP contribution < -0.4 is 9.47 Å². The number of hydrogen-bond acceptors (Lipinski definition) is 5. The summed E-state index contributed by atoms with van der Waals surface area (Å²) in [6.45, 7) is 2.45. The Balaban J connectivity index is 1.61. The molecular formula is C23H25BrN2O4. The average Bonchev–Trinajstić information content (AvgIpc) is 3.03. The number of nitrogens with zero attached hydrogens (tertiary/aromatic N) is 2. The molecule has 0 aliphatic heterocycles. The molecule has 1 fully saturated rings. The Labute approximate surface area is 184 Å². The second-order valence-corrected chi connectivity index (χ2v) is 8.30. The number of esters is 1. The maximum Gasteiger partial charge on any atom is 0.310 e. The highest BCUT2D eigenvalue weighted by molar-refractivity contribution is 9.10. The van der Waals surface area contributed by atoms with Crippen molar-refractivity contribution in [2.75, 3.05) is 13.7 Å². The molecule has 0 saturated heterocycles. The van der Waals surface area contributed by atoms with Gasteiger partial charge in [-0.15, -0.1) is 0 Å². The van der Waals surface area contributed by atoms with Crippen molar-refractivity contribution in [3.05, 3.63) is 52.1 Å². The molecule has 1 aromatic heterocycles. The Morgan fingerprint density at radius 2 is 2.07 bits per heavy atom. The van der Waals surface area contributed by atoms with E-state index in [1.165, 1.54) is 6.42 Å². The van der Waals surface area contributed by atoms with Crippen molar-refractivity contribution < 1.29 is 19.0 Å². The molecule has 0 amide bonds. The van der Waals surface area contributed by atoms with E-state index in [0.29, 0.717) is 30.8 Å². The fraction of sp³-hybridized carbons (Fsp3) is 0.391. The summed E-state index contributed by atoms with van der Waals surface area (Å²) < 4.78 is 19.7. The SMILES string of the molecule is CCOC(=O)Cc1cc(OC)ccc1OCc1nn(C2CCC2)c2ccc(Br)cc12. The third-order valence-electron chi connectivity index (χ3n) is 5.44. The minimum Gasteiger partial charge on any atom is -0.497 e. The maximum absolute atomic E-state index is 12.0. The van der Waals surface area contributed by atoms with E-state index < -0.39 is 0 Å². The number of rotatable bonds is 8. The number of carbonyl (C=O) groups excluding carboxylic acids is 1. The highest BCUT2D eigenvalue weighted by atomic mass is 79.9. The van der Waals surface area contributed by atoms with Crippen molar-refractivity contribution in [1.82, 2.24) is 9.78 Å². The van der Waals surface area contributed by atoms with Gasteiger partial charge in [0.15, 0.2) is 0 Å². The van der Waals surface area contributed by atoms with E-state index >= 15 is 0 Å². The van der Waals surface area contributed by atoms with Gasteiger partial charge in [-0.05, 0) is 62.6 Å². The summed E-state index contributed by atoms with van der Waals surface area (Å²) in [5.41, 5.74) is 2.75. The van der Waals surface area contributed by atoms with Gasteiger partial charge in [0.2, 0.25) is 0 Å². The van der Waals surface area contributed by atoms with Crippen LogP contribution in [0.25, 0.3) is 10.9 Å². The molecule has 1 aliphatic carbocycles. The van der Waals surface area contributed by atoms with Crippen LogP contribution in [0, 0.1) is 0 Å². The van der Waals surface area contributed by atoms with Crippen LogP contribution in [0.4, 0.5) is 0 Å². The van der Waals surface area contributed by atoms with Crippen LogP contribution in [0.2, 0.25) is 0 Å². The van der Waals surface area contributed by atoms with Crippen LogP contribution in [0.15, 0.2) is 40.9 Å². The van der Waals surface area contributed by atoms with Gasteiger partial charge in [-0.25, -0.2) is 0 Å². The zero-order valence-corrected chi connectivity index (χ0v) is 18.8. The molecule has 1 saturated carbocycles. The van der Waals surface area contributed by atoms with Crippen molar-refractivity contribution >= 4 is 32.8 Å².